The Morgan fingerprint density at radius 1 is 1.08 bits per heavy atom. The molecule has 0 bridgehead atoms. The summed E-state index contributed by atoms with van der Waals surface area (Å²) in [5.41, 5.74) is 4.99. The van der Waals surface area contributed by atoms with E-state index < -0.39 is 0 Å². The lowest BCUT2D eigenvalue weighted by Gasteiger charge is -2.12. The SMILES string of the molecule is Cc1ccc(NC(=O)C(C)Sc2nnc(-c3ccccc3C)o2)c(C)c1. The van der Waals surface area contributed by atoms with Gasteiger partial charge in [-0.2, -0.15) is 0 Å². The predicted molar refractivity (Wildman–Crippen MR) is 104 cm³/mol. The fourth-order valence-corrected chi connectivity index (χ4v) is 3.26. The van der Waals surface area contributed by atoms with Gasteiger partial charge >= 0.3 is 0 Å². The van der Waals surface area contributed by atoms with E-state index in [2.05, 4.69) is 15.5 Å². The first-order valence-electron chi connectivity index (χ1n) is 8.38. The van der Waals surface area contributed by atoms with Crippen molar-refractivity contribution >= 4 is 23.4 Å². The lowest BCUT2D eigenvalue weighted by atomic mass is 10.1. The van der Waals surface area contributed by atoms with E-state index in [0.717, 1.165) is 27.9 Å². The van der Waals surface area contributed by atoms with Crippen molar-refractivity contribution in [3.63, 3.8) is 0 Å². The van der Waals surface area contributed by atoms with Crippen LogP contribution in [0.25, 0.3) is 11.5 Å². The van der Waals surface area contributed by atoms with Crippen LogP contribution in [0.5, 0.6) is 0 Å². The molecule has 2 aromatic carbocycles. The van der Waals surface area contributed by atoms with Crippen LogP contribution in [0.3, 0.4) is 0 Å². The van der Waals surface area contributed by atoms with Crippen LogP contribution in [-0.4, -0.2) is 21.4 Å². The van der Waals surface area contributed by atoms with Gasteiger partial charge < -0.3 is 9.73 Å². The summed E-state index contributed by atoms with van der Waals surface area (Å²) < 4.78 is 5.72. The molecule has 0 aliphatic heterocycles. The molecule has 26 heavy (non-hydrogen) atoms. The standard InChI is InChI=1S/C20H21N3O2S/c1-12-9-10-17(14(3)11-12)21-18(24)15(4)26-20-23-22-19(25-20)16-8-6-5-7-13(16)2/h5-11,15H,1-4H3,(H,21,24). The third-order valence-corrected chi connectivity index (χ3v) is 5.00. The van der Waals surface area contributed by atoms with Gasteiger partial charge in [0.1, 0.15) is 0 Å². The Balaban J connectivity index is 1.67. The zero-order valence-electron chi connectivity index (χ0n) is 15.2. The normalized spacial score (nSPS) is 12.0. The van der Waals surface area contributed by atoms with Gasteiger partial charge in [0.05, 0.1) is 5.25 Å². The van der Waals surface area contributed by atoms with Gasteiger partial charge in [-0.1, -0.05) is 47.7 Å². The van der Waals surface area contributed by atoms with E-state index in [9.17, 15) is 4.79 Å². The van der Waals surface area contributed by atoms with Gasteiger partial charge in [-0.15, -0.1) is 10.2 Å². The number of benzene rings is 2. The van der Waals surface area contributed by atoms with E-state index in [4.69, 9.17) is 4.42 Å². The number of aryl methyl sites for hydroxylation is 3. The Bertz CT molecular complexity index is 936. The topological polar surface area (TPSA) is 68.0 Å². The third-order valence-electron chi connectivity index (χ3n) is 4.07. The van der Waals surface area contributed by atoms with Crippen LogP contribution in [0.4, 0.5) is 5.69 Å². The fourth-order valence-electron chi connectivity index (χ4n) is 2.57. The van der Waals surface area contributed by atoms with Gasteiger partial charge in [-0.05, 0) is 51.0 Å². The molecule has 0 aliphatic carbocycles. The van der Waals surface area contributed by atoms with Crippen LogP contribution in [0.2, 0.25) is 0 Å². The summed E-state index contributed by atoms with van der Waals surface area (Å²) in [5.74, 6) is 0.366. The van der Waals surface area contributed by atoms with E-state index in [0.29, 0.717) is 11.1 Å². The lowest BCUT2D eigenvalue weighted by Crippen LogP contribution is -2.22. The Kier molecular flexibility index (Phi) is 5.42. The van der Waals surface area contributed by atoms with E-state index in [1.54, 1.807) is 0 Å². The summed E-state index contributed by atoms with van der Waals surface area (Å²) in [7, 11) is 0. The summed E-state index contributed by atoms with van der Waals surface area (Å²) in [4.78, 5) is 12.5. The minimum atomic E-state index is -0.360. The van der Waals surface area contributed by atoms with Gasteiger partial charge in [0, 0.05) is 11.3 Å². The Morgan fingerprint density at radius 3 is 2.58 bits per heavy atom. The molecular formula is C20H21N3O2S. The van der Waals surface area contributed by atoms with Crippen LogP contribution in [0.1, 0.15) is 23.6 Å². The van der Waals surface area contributed by atoms with Crippen molar-refractivity contribution in [2.24, 2.45) is 0 Å². The maximum Gasteiger partial charge on any atom is 0.277 e. The number of carbonyl (C=O) groups excluding carboxylic acids is 1. The van der Waals surface area contributed by atoms with E-state index in [1.807, 2.05) is 70.2 Å². The maximum atomic E-state index is 12.5. The number of hydrogen-bond donors (Lipinski definition) is 1. The number of nitrogens with zero attached hydrogens (tertiary/aromatic N) is 2. The Labute approximate surface area is 157 Å². The number of carbonyl (C=O) groups is 1. The van der Waals surface area contributed by atoms with Gasteiger partial charge in [0.15, 0.2) is 0 Å². The average Bonchev–Trinajstić information content (AvgIpc) is 3.06. The quantitative estimate of drug-likeness (QED) is 0.657. The van der Waals surface area contributed by atoms with E-state index in [-0.39, 0.29) is 11.2 Å². The van der Waals surface area contributed by atoms with Crippen molar-refractivity contribution in [3.8, 4) is 11.5 Å². The van der Waals surface area contributed by atoms with Crippen LogP contribution in [-0.2, 0) is 4.79 Å². The van der Waals surface area contributed by atoms with Crippen molar-refractivity contribution in [1.29, 1.82) is 0 Å². The molecule has 0 spiro atoms. The van der Waals surface area contributed by atoms with E-state index >= 15 is 0 Å². The van der Waals surface area contributed by atoms with Crippen LogP contribution in [0, 0.1) is 20.8 Å². The highest BCUT2D eigenvalue weighted by Gasteiger charge is 2.19. The molecule has 0 saturated heterocycles. The summed E-state index contributed by atoms with van der Waals surface area (Å²) in [6.07, 6.45) is 0. The lowest BCUT2D eigenvalue weighted by molar-refractivity contribution is -0.115. The molecule has 5 nitrogen and oxygen atoms in total. The number of hydrogen-bond acceptors (Lipinski definition) is 5. The first-order chi connectivity index (χ1) is 12.4. The number of nitrogens with one attached hydrogen (secondary N) is 1. The van der Waals surface area contributed by atoms with Gasteiger partial charge in [-0.25, -0.2) is 0 Å². The summed E-state index contributed by atoms with van der Waals surface area (Å²) in [6, 6.07) is 13.8. The first-order valence-corrected chi connectivity index (χ1v) is 9.26. The predicted octanol–water partition coefficient (Wildman–Crippen LogP) is 4.78. The molecule has 134 valence electrons. The largest absolute Gasteiger partial charge is 0.411 e. The molecule has 6 heteroatoms. The molecule has 0 aliphatic rings. The monoisotopic (exact) mass is 367 g/mol. The smallest absolute Gasteiger partial charge is 0.277 e. The van der Waals surface area contributed by atoms with Crippen molar-refractivity contribution < 1.29 is 9.21 Å². The van der Waals surface area contributed by atoms with Gasteiger partial charge in [0.25, 0.3) is 5.22 Å². The van der Waals surface area contributed by atoms with Crippen molar-refractivity contribution in [2.45, 2.75) is 38.2 Å². The molecule has 0 fully saturated rings. The second kappa shape index (κ2) is 7.74. The summed E-state index contributed by atoms with van der Waals surface area (Å²) in [6.45, 7) is 7.82. The minimum absolute atomic E-state index is 0.0994. The van der Waals surface area contributed by atoms with Crippen LogP contribution in [0.15, 0.2) is 52.1 Å². The molecular weight excluding hydrogens is 346 g/mol. The second-order valence-corrected chi connectivity index (χ2v) is 7.55. The van der Waals surface area contributed by atoms with Crippen molar-refractivity contribution in [3.05, 3.63) is 59.2 Å². The maximum absolute atomic E-state index is 12.5. The summed E-state index contributed by atoms with van der Waals surface area (Å²) in [5, 5.41) is 11.1. The molecule has 3 rings (SSSR count). The molecule has 3 aromatic rings. The average molecular weight is 367 g/mol. The van der Waals surface area contributed by atoms with Crippen LogP contribution < -0.4 is 5.32 Å². The number of anilines is 1. The Hall–Kier alpha value is -2.60. The molecule has 1 aromatic heterocycles. The molecule has 1 atom stereocenters. The number of aromatic nitrogens is 2. The minimum Gasteiger partial charge on any atom is -0.411 e. The fraction of sp³-hybridized carbons (Fsp3) is 0.250. The van der Waals surface area contributed by atoms with Gasteiger partial charge in [0.2, 0.25) is 11.8 Å². The molecule has 1 unspecified atom stereocenters. The zero-order valence-corrected chi connectivity index (χ0v) is 16.1. The number of amides is 1. The molecule has 0 radical (unpaired) electrons. The first kappa shape index (κ1) is 18.2. The zero-order chi connectivity index (χ0) is 18.7. The second-order valence-electron chi connectivity index (χ2n) is 6.26. The molecule has 1 amide bonds. The number of rotatable bonds is 5. The van der Waals surface area contributed by atoms with Crippen molar-refractivity contribution in [2.75, 3.05) is 5.32 Å². The summed E-state index contributed by atoms with van der Waals surface area (Å²) >= 11 is 1.25. The molecule has 1 heterocycles. The van der Waals surface area contributed by atoms with Crippen LogP contribution >= 0.6 is 11.8 Å². The number of thioether (sulfide) groups is 1. The molecule has 0 saturated carbocycles. The Morgan fingerprint density at radius 2 is 1.85 bits per heavy atom. The van der Waals surface area contributed by atoms with E-state index in [1.165, 1.54) is 11.8 Å². The highest BCUT2D eigenvalue weighted by Crippen LogP contribution is 2.28. The highest BCUT2D eigenvalue weighted by atomic mass is 32.2. The highest BCUT2D eigenvalue weighted by molar-refractivity contribution is 8.00. The third kappa shape index (κ3) is 4.14. The molecule has 1 N–H and O–H groups in total. The van der Waals surface area contributed by atoms with Gasteiger partial charge in [-0.3, -0.25) is 4.79 Å². The van der Waals surface area contributed by atoms with Crippen molar-refractivity contribution in [1.82, 2.24) is 10.2 Å².